The Kier molecular flexibility index (Phi) is 6.64. The van der Waals surface area contributed by atoms with Gasteiger partial charge in [-0.15, -0.1) is 0 Å². The summed E-state index contributed by atoms with van der Waals surface area (Å²) in [6, 6.07) is 14.2. The summed E-state index contributed by atoms with van der Waals surface area (Å²) < 4.78 is 32.0. The van der Waals surface area contributed by atoms with Crippen LogP contribution in [0.15, 0.2) is 79.5 Å². The second-order valence-corrected chi connectivity index (χ2v) is 11.8. The minimum Gasteiger partial charge on any atom is -0.389 e. The van der Waals surface area contributed by atoms with Crippen molar-refractivity contribution in [1.29, 1.82) is 0 Å². The summed E-state index contributed by atoms with van der Waals surface area (Å²) in [6.07, 6.45) is 6.10. The van der Waals surface area contributed by atoms with Crippen molar-refractivity contribution < 1.29 is 18.7 Å². The number of carbonyl (C=O) groups excluding carboxylic acids is 1. The van der Waals surface area contributed by atoms with E-state index in [1.165, 1.54) is 12.1 Å². The predicted octanol–water partition coefficient (Wildman–Crippen LogP) is 3.98. The van der Waals surface area contributed by atoms with Crippen LogP contribution in [0.1, 0.15) is 6.42 Å². The summed E-state index contributed by atoms with van der Waals surface area (Å²) in [6.45, 7) is 0.756. The molecule has 2 aliphatic heterocycles. The fourth-order valence-corrected chi connectivity index (χ4v) is 6.71. The molecule has 1 unspecified atom stereocenters. The monoisotopic (exact) mass is 621 g/mol. The van der Waals surface area contributed by atoms with Crippen LogP contribution in [0.2, 0.25) is 0 Å². The Morgan fingerprint density at radius 1 is 0.978 bits per heavy atom. The van der Waals surface area contributed by atoms with Gasteiger partial charge in [-0.3, -0.25) is 9.20 Å². The highest BCUT2D eigenvalue weighted by molar-refractivity contribution is 5.92. The molecule has 1 saturated heterocycles. The number of aliphatic hydroxyl groups is 1. The number of aliphatic hydroxyl groups excluding tert-OH is 1. The Hall–Kier alpha value is -5.43. The number of anilines is 2. The number of pyridine rings is 1. The van der Waals surface area contributed by atoms with Gasteiger partial charge in [0.25, 0.3) is 0 Å². The number of benzene rings is 2. The van der Waals surface area contributed by atoms with E-state index >= 15 is 0 Å². The van der Waals surface area contributed by atoms with E-state index < -0.39 is 23.8 Å². The lowest BCUT2D eigenvalue weighted by molar-refractivity contribution is -0.132. The smallest absolute Gasteiger partial charge is 0.245 e. The van der Waals surface area contributed by atoms with Crippen LogP contribution in [0, 0.1) is 11.6 Å². The number of hydrogen-bond acceptors (Lipinski definition) is 8. The molecule has 2 aliphatic rings. The van der Waals surface area contributed by atoms with E-state index in [9.17, 15) is 18.7 Å². The fraction of sp³-hybridized carbons (Fsp3) is 0.242. The predicted molar refractivity (Wildman–Crippen MR) is 168 cm³/mol. The summed E-state index contributed by atoms with van der Waals surface area (Å²) in [5, 5.41) is 14.7. The number of nitrogens with one attached hydrogen (secondary N) is 1. The average Bonchev–Trinajstić information content (AvgIpc) is 3.78. The van der Waals surface area contributed by atoms with Crippen LogP contribution in [-0.4, -0.2) is 83.1 Å². The summed E-state index contributed by atoms with van der Waals surface area (Å²) in [4.78, 5) is 36.2. The number of para-hydroxylation sites is 1. The summed E-state index contributed by atoms with van der Waals surface area (Å²) in [5.41, 5.74) is 4.01. The van der Waals surface area contributed by atoms with Gasteiger partial charge in [0.15, 0.2) is 5.82 Å². The molecule has 3 atom stereocenters. The average molecular weight is 622 g/mol. The van der Waals surface area contributed by atoms with Crippen LogP contribution in [0.3, 0.4) is 0 Å². The van der Waals surface area contributed by atoms with Gasteiger partial charge < -0.3 is 24.8 Å². The van der Waals surface area contributed by atoms with E-state index in [0.29, 0.717) is 30.1 Å². The first-order valence-corrected chi connectivity index (χ1v) is 15.0. The maximum absolute atomic E-state index is 14.8. The molecule has 11 nitrogen and oxygen atoms in total. The third kappa shape index (κ3) is 4.70. The van der Waals surface area contributed by atoms with Crippen LogP contribution >= 0.6 is 0 Å². The molecule has 0 aliphatic carbocycles. The molecule has 1 fully saturated rings. The fourth-order valence-electron chi connectivity index (χ4n) is 6.71. The molecule has 6 aromatic rings. The molecule has 232 valence electrons. The minimum absolute atomic E-state index is 0.105. The number of halogens is 2. The van der Waals surface area contributed by atoms with Gasteiger partial charge in [0.2, 0.25) is 5.91 Å². The van der Waals surface area contributed by atoms with Crippen LogP contribution in [0.25, 0.3) is 39.2 Å². The van der Waals surface area contributed by atoms with Crippen molar-refractivity contribution in [3.63, 3.8) is 0 Å². The molecular weight excluding hydrogens is 592 g/mol. The lowest BCUT2D eigenvalue weighted by Crippen LogP contribution is -2.47. The highest BCUT2D eigenvalue weighted by atomic mass is 19.1. The Bertz CT molecular complexity index is 2130. The molecule has 13 heteroatoms. The van der Waals surface area contributed by atoms with Crippen LogP contribution in [0.5, 0.6) is 0 Å². The Morgan fingerprint density at radius 3 is 2.72 bits per heavy atom. The number of imidazole rings is 2. The van der Waals surface area contributed by atoms with E-state index in [0.717, 1.165) is 28.4 Å². The third-order valence-electron chi connectivity index (χ3n) is 8.75. The lowest BCUT2D eigenvalue weighted by Gasteiger charge is -2.30. The molecule has 4 bridgehead atoms. The number of β-amino-alcohol motifs (C(OH)–C–C–N with tert-alkyl or cyclic N) is 1. The number of hydrogen-bond donors (Lipinski definition) is 2. The van der Waals surface area contributed by atoms with Gasteiger partial charge in [-0.05, 0) is 36.8 Å². The van der Waals surface area contributed by atoms with E-state index in [2.05, 4.69) is 20.3 Å². The molecule has 0 radical (unpaired) electrons. The zero-order valence-electron chi connectivity index (χ0n) is 24.8. The van der Waals surface area contributed by atoms with Crippen LogP contribution < -0.4 is 10.2 Å². The van der Waals surface area contributed by atoms with Crippen molar-refractivity contribution in [2.24, 2.45) is 0 Å². The number of nitrogens with zero attached hydrogens (tertiary/aromatic N) is 8. The Balaban J connectivity index is 1.20. The normalized spacial score (nSPS) is 20.2. The van der Waals surface area contributed by atoms with Crippen molar-refractivity contribution in [1.82, 2.24) is 33.8 Å². The number of amides is 1. The van der Waals surface area contributed by atoms with Crippen LogP contribution in [-0.2, 0) is 11.3 Å². The lowest BCUT2D eigenvalue weighted by atomic mass is 10.1. The number of carbonyl (C=O) groups is 1. The summed E-state index contributed by atoms with van der Waals surface area (Å²) in [5.74, 6) is -0.137. The van der Waals surface area contributed by atoms with Gasteiger partial charge in [-0.1, -0.05) is 18.2 Å². The minimum atomic E-state index is -0.864. The maximum atomic E-state index is 14.8. The highest BCUT2D eigenvalue weighted by Gasteiger charge is 2.40. The molecule has 6 heterocycles. The van der Waals surface area contributed by atoms with Gasteiger partial charge in [0, 0.05) is 50.2 Å². The SMILES string of the molecule is CN1CC(O)Cn2cnc3cccc(c32)-c2cccc(n2)N[C@H]2C[C@@H](C1=O)N(c1nccn3c(-c4ccc(F)cc4F)ncc13)C2. The Morgan fingerprint density at radius 2 is 1.85 bits per heavy atom. The van der Waals surface area contributed by atoms with E-state index in [1.807, 2.05) is 45.9 Å². The zero-order valence-corrected chi connectivity index (χ0v) is 24.8. The number of fused-ring (bicyclic) bond motifs is 6. The summed E-state index contributed by atoms with van der Waals surface area (Å²) >= 11 is 0. The number of rotatable bonds is 2. The van der Waals surface area contributed by atoms with Crippen LogP contribution in [0.4, 0.5) is 20.4 Å². The van der Waals surface area contributed by atoms with Gasteiger partial charge in [0.05, 0.1) is 47.5 Å². The van der Waals surface area contributed by atoms with Gasteiger partial charge >= 0.3 is 0 Å². The second-order valence-electron chi connectivity index (χ2n) is 11.8. The van der Waals surface area contributed by atoms with E-state index in [4.69, 9.17) is 4.98 Å². The van der Waals surface area contributed by atoms with Crippen molar-refractivity contribution in [3.8, 4) is 22.6 Å². The molecule has 1 amide bonds. The standard InChI is InChI=1S/C33H29F2N9O2/c1-41-16-21(45)17-42-18-38-26-6-2-4-23(30(26)42)25-5-3-7-29(40-25)39-20-13-27(33(41)46)44(15-20)32-28-14-37-31(43(28)11-10-36-32)22-9-8-19(34)12-24(22)35/h2-12,14,18,20-21,27,45H,13,15-17H2,1H3,(H,39,40)/t20-,21?,27-/m0/s1. The second kappa shape index (κ2) is 10.9. The topological polar surface area (TPSA) is 117 Å². The van der Waals surface area contributed by atoms with Gasteiger partial charge in [-0.2, -0.15) is 0 Å². The van der Waals surface area contributed by atoms with Gasteiger partial charge in [-0.25, -0.2) is 28.7 Å². The first-order chi connectivity index (χ1) is 22.3. The van der Waals surface area contributed by atoms with Gasteiger partial charge in [0.1, 0.15) is 34.8 Å². The van der Waals surface area contributed by atoms with Crippen molar-refractivity contribution in [3.05, 3.63) is 91.1 Å². The van der Waals surface area contributed by atoms with Crippen molar-refractivity contribution >= 4 is 34.1 Å². The van der Waals surface area contributed by atoms with E-state index in [1.54, 1.807) is 41.3 Å². The molecule has 2 aromatic carbocycles. The molecule has 4 aromatic heterocycles. The molecule has 0 spiro atoms. The molecular formula is C33H29F2N9O2. The quantitative estimate of drug-likeness (QED) is 0.299. The number of aromatic nitrogens is 6. The zero-order chi connectivity index (χ0) is 31.5. The Labute approximate surface area is 261 Å². The first-order valence-electron chi connectivity index (χ1n) is 15.0. The third-order valence-corrected chi connectivity index (χ3v) is 8.75. The van der Waals surface area contributed by atoms with E-state index in [-0.39, 0.29) is 36.4 Å². The molecule has 46 heavy (non-hydrogen) atoms. The molecule has 0 saturated carbocycles. The summed E-state index contributed by atoms with van der Waals surface area (Å²) in [7, 11) is 1.69. The molecule has 8 rings (SSSR count). The first kappa shape index (κ1) is 28.1. The maximum Gasteiger partial charge on any atom is 0.245 e. The highest BCUT2D eigenvalue weighted by Crippen LogP contribution is 2.34. The van der Waals surface area contributed by atoms with Crippen molar-refractivity contribution in [2.45, 2.75) is 31.2 Å². The van der Waals surface area contributed by atoms with Crippen molar-refractivity contribution in [2.75, 3.05) is 30.4 Å². The number of likely N-dealkylation sites (N-methyl/N-ethyl adjacent to an activating group) is 1. The largest absolute Gasteiger partial charge is 0.389 e. The molecule has 2 N–H and O–H groups in total.